The summed E-state index contributed by atoms with van der Waals surface area (Å²) >= 11 is 0. The molecule has 41 heavy (non-hydrogen) atoms. The van der Waals surface area contributed by atoms with Crippen LogP contribution in [0.3, 0.4) is 0 Å². The number of fused-ring (bicyclic) bond motifs is 2. The molecule has 1 fully saturated rings. The van der Waals surface area contributed by atoms with Gasteiger partial charge in [-0.25, -0.2) is 4.79 Å². The maximum absolute atomic E-state index is 13.6. The monoisotopic (exact) mass is 568 g/mol. The van der Waals surface area contributed by atoms with Crippen LogP contribution in [-0.2, 0) is 25.6 Å². The van der Waals surface area contributed by atoms with Gasteiger partial charge in [0.25, 0.3) is 0 Å². The minimum atomic E-state index is -0.886. The van der Waals surface area contributed by atoms with Gasteiger partial charge in [-0.15, -0.1) is 0 Å². The summed E-state index contributed by atoms with van der Waals surface area (Å²) in [7, 11) is 3.13. The molecule has 0 aliphatic carbocycles. The highest BCUT2D eigenvalue weighted by Crippen LogP contribution is 2.35. The molecule has 1 saturated heterocycles. The molecule has 0 radical (unpaired) electrons. The average Bonchev–Trinajstić information content (AvgIpc) is 3.27. The molecule has 2 aromatic carbocycles. The summed E-state index contributed by atoms with van der Waals surface area (Å²) in [6, 6.07) is 11.0. The van der Waals surface area contributed by atoms with Crippen LogP contribution in [0.5, 0.6) is 17.2 Å². The Morgan fingerprint density at radius 3 is 2.46 bits per heavy atom. The normalized spacial score (nSPS) is 27.5. The fourth-order valence-electron chi connectivity index (χ4n) is 4.72. The first-order valence-corrected chi connectivity index (χ1v) is 13.7. The number of benzene rings is 2. The van der Waals surface area contributed by atoms with Crippen molar-refractivity contribution in [3.8, 4) is 17.2 Å². The third kappa shape index (κ3) is 7.89. The molecule has 5 atom stereocenters. The highest BCUT2D eigenvalue weighted by molar-refractivity contribution is 5.97. The van der Waals surface area contributed by atoms with E-state index in [0.717, 1.165) is 11.3 Å². The number of hydrogen-bond acceptors (Lipinski definition) is 9. The van der Waals surface area contributed by atoms with Crippen LogP contribution in [0, 0.1) is 5.92 Å². The molecule has 2 aromatic rings. The molecule has 1 N–H and O–H groups in total. The van der Waals surface area contributed by atoms with E-state index in [1.165, 1.54) is 7.11 Å². The van der Waals surface area contributed by atoms with Crippen molar-refractivity contribution in [1.29, 1.82) is 0 Å². The number of aliphatic hydroxyl groups excluding tert-OH is 1. The third-order valence-electron chi connectivity index (χ3n) is 7.08. The zero-order chi connectivity index (χ0) is 29.6. The second-order valence-electron chi connectivity index (χ2n) is 10.7. The molecule has 1 unspecified atom stereocenters. The quantitative estimate of drug-likeness (QED) is 0.271. The van der Waals surface area contributed by atoms with E-state index >= 15 is 0 Å². The van der Waals surface area contributed by atoms with E-state index in [0.29, 0.717) is 24.3 Å². The molecule has 0 bridgehead atoms. The van der Waals surface area contributed by atoms with Gasteiger partial charge in [0.05, 0.1) is 13.2 Å². The fraction of sp³-hybridized carbons (Fsp3) is 0.469. The topological polar surface area (TPSA) is 102 Å². The van der Waals surface area contributed by atoms with Crippen LogP contribution in [0.2, 0.25) is 0 Å². The van der Waals surface area contributed by atoms with Gasteiger partial charge in [0.1, 0.15) is 47.7 Å². The van der Waals surface area contributed by atoms with E-state index in [2.05, 4.69) is 0 Å². The Morgan fingerprint density at radius 1 is 1.00 bits per heavy atom. The van der Waals surface area contributed by atoms with Gasteiger partial charge in [0.15, 0.2) is 12.6 Å². The molecule has 9 nitrogen and oxygen atoms in total. The lowest BCUT2D eigenvalue weighted by Gasteiger charge is -2.23. The largest absolute Gasteiger partial charge is 0.497 e. The van der Waals surface area contributed by atoms with Crippen molar-refractivity contribution in [2.75, 3.05) is 21.0 Å². The van der Waals surface area contributed by atoms with Crippen molar-refractivity contribution in [2.45, 2.75) is 70.9 Å². The number of hydrogen-bond donors (Lipinski definition) is 1. The number of aliphatic hydroxyl groups is 1. The van der Waals surface area contributed by atoms with Gasteiger partial charge in [-0.1, -0.05) is 43.4 Å². The number of ether oxygens (including phenoxy) is 7. The minimum Gasteiger partial charge on any atom is -0.497 e. The number of esters is 1. The van der Waals surface area contributed by atoms with Crippen LogP contribution in [0.1, 0.15) is 55.6 Å². The van der Waals surface area contributed by atoms with Crippen LogP contribution >= 0.6 is 0 Å². The third-order valence-corrected chi connectivity index (χ3v) is 7.08. The van der Waals surface area contributed by atoms with Gasteiger partial charge in [0.2, 0.25) is 0 Å². The SMILES string of the molecule is COCOc1cc(OCc2ccc(OC)cc2)cc2c1C(=O)O[C@@H](C)[C@H](C)/C=C\[C@@H](O)C1OC(C)(C)O[C@H]1C/C=C/2. The standard InChI is InChI=1S/C32H40O9/c1-20-10-15-26(33)30-27(40-32(3,4)41-30)9-7-8-23-16-25(37-18-22-11-13-24(36-6)14-12-22)17-28(38-19-35-5)29(23)31(34)39-21(20)2/h7-8,10-17,20-21,26-27,30,33H,9,18-19H2,1-6H3/b8-7+,15-10-/t20-,21+,26-,27+,30?/m1/s1. The van der Waals surface area contributed by atoms with E-state index in [1.807, 2.05) is 70.2 Å². The highest BCUT2D eigenvalue weighted by Gasteiger charge is 2.43. The smallest absolute Gasteiger partial charge is 0.342 e. The molecule has 0 amide bonds. The number of carbonyl (C=O) groups is 1. The number of carbonyl (C=O) groups excluding carboxylic acids is 1. The number of cyclic esters (lactones) is 1. The molecule has 2 heterocycles. The molecule has 0 saturated carbocycles. The maximum atomic E-state index is 13.6. The van der Waals surface area contributed by atoms with Gasteiger partial charge in [-0.05, 0) is 56.5 Å². The second kappa shape index (κ2) is 13.5. The van der Waals surface area contributed by atoms with Crippen molar-refractivity contribution in [3.63, 3.8) is 0 Å². The second-order valence-corrected chi connectivity index (χ2v) is 10.7. The first-order valence-electron chi connectivity index (χ1n) is 13.7. The molecular formula is C32H40O9. The summed E-state index contributed by atoms with van der Waals surface area (Å²) in [6.07, 6.45) is 5.31. The summed E-state index contributed by atoms with van der Waals surface area (Å²) in [5.41, 5.74) is 1.76. The lowest BCUT2D eigenvalue weighted by Crippen LogP contribution is -2.34. The van der Waals surface area contributed by atoms with Gasteiger partial charge in [-0.3, -0.25) is 0 Å². The van der Waals surface area contributed by atoms with Crippen LogP contribution < -0.4 is 14.2 Å². The molecule has 4 rings (SSSR count). The van der Waals surface area contributed by atoms with Crippen LogP contribution in [0.25, 0.3) is 6.08 Å². The Kier molecular flexibility index (Phi) is 10.1. The number of rotatable bonds is 7. The molecule has 2 aliphatic heterocycles. The lowest BCUT2D eigenvalue weighted by molar-refractivity contribution is -0.152. The summed E-state index contributed by atoms with van der Waals surface area (Å²) in [4.78, 5) is 13.6. The van der Waals surface area contributed by atoms with Crippen molar-refractivity contribution in [3.05, 3.63) is 71.3 Å². The van der Waals surface area contributed by atoms with Gasteiger partial charge >= 0.3 is 5.97 Å². The Balaban J connectivity index is 1.71. The maximum Gasteiger partial charge on any atom is 0.342 e. The summed E-state index contributed by atoms with van der Waals surface area (Å²) in [6.45, 7) is 7.61. The Bertz CT molecular complexity index is 1230. The highest BCUT2D eigenvalue weighted by atomic mass is 16.8. The van der Waals surface area contributed by atoms with E-state index in [4.69, 9.17) is 33.2 Å². The molecule has 0 aromatic heterocycles. The van der Waals surface area contributed by atoms with Crippen molar-refractivity contribution >= 4 is 12.0 Å². The van der Waals surface area contributed by atoms with Crippen LogP contribution in [0.15, 0.2) is 54.6 Å². The van der Waals surface area contributed by atoms with E-state index in [9.17, 15) is 9.90 Å². The van der Waals surface area contributed by atoms with Crippen molar-refractivity contribution in [2.24, 2.45) is 5.92 Å². The average molecular weight is 569 g/mol. The van der Waals surface area contributed by atoms with Crippen LogP contribution in [0.4, 0.5) is 0 Å². The first-order chi connectivity index (χ1) is 19.6. The Labute approximate surface area is 241 Å². The summed E-state index contributed by atoms with van der Waals surface area (Å²) in [5, 5.41) is 10.9. The first kappa shape index (κ1) is 30.6. The van der Waals surface area contributed by atoms with Gasteiger partial charge in [-0.2, -0.15) is 0 Å². The zero-order valence-corrected chi connectivity index (χ0v) is 24.5. The molecular weight excluding hydrogens is 528 g/mol. The molecule has 222 valence electrons. The van der Waals surface area contributed by atoms with Crippen molar-refractivity contribution < 1.29 is 43.1 Å². The van der Waals surface area contributed by atoms with E-state index in [1.54, 1.807) is 25.3 Å². The van der Waals surface area contributed by atoms with Crippen LogP contribution in [-0.4, -0.2) is 62.3 Å². The molecule has 9 heteroatoms. The summed E-state index contributed by atoms with van der Waals surface area (Å²) in [5.74, 6) is -0.0229. The predicted octanol–water partition coefficient (Wildman–Crippen LogP) is 5.29. The lowest BCUT2D eigenvalue weighted by atomic mass is 9.99. The van der Waals surface area contributed by atoms with Crippen molar-refractivity contribution in [1.82, 2.24) is 0 Å². The van der Waals surface area contributed by atoms with Gasteiger partial charge in [0, 0.05) is 19.1 Å². The zero-order valence-electron chi connectivity index (χ0n) is 24.5. The molecule has 0 spiro atoms. The predicted molar refractivity (Wildman–Crippen MR) is 153 cm³/mol. The van der Waals surface area contributed by atoms with E-state index in [-0.39, 0.29) is 24.0 Å². The molecule has 2 aliphatic rings. The van der Waals surface area contributed by atoms with Gasteiger partial charge < -0.3 is 38.3 Å². The number of methoxy groups -OCH3 is 2. The minimum absolute atomic E-state index is 0.0675. The fourth-order valence-corrected chi connectivity index (χ4v) is 4.72. The summed E-state index contributed by atoms with van der Waals surface area (Å²) < 4.78 is 40.3. The Hall–Kier alpha value is -3.37. The van der Waals surface area contributed by atoms with E-state index < -0.39 is 36.2 Å². The Morgan fingerprint density at radius 2 is 1.76 bits per heavy atom.